The van der Waals surface area contributed by atoms with Crippen molar-refractivity contribution in [1.82, 2.24) is 9.78 Å². The van der Waals surface area contributed by atoms with Crippen LogP contribution in [0.1, 0.15) is 40.1 Å². The Morgan fingerprint density at radius 3 is 2.58 bits per heavy atom. The van der Waals surface area contributed by atoms with Crippen molar-refractivity contribution in [3.8, 4) is 5.75 Å². The van der Waals surface area contributed by atoms with E-state index in [1.165, 1.54) is 13.2 Å². The highest BCUT2D eigenvalue weighted by atomic mass is 19.4. The van der Waals surface area contributed by atoms with Gasteiger partial charge in [0, 0.05) is 18.2 Å². The lowest BCUT2D eigenvalue weighted by Gasteiger charge is -2.33. The summed E-state index contributed by atoms with van der Waals surface area (Å²) in [5.74, 6) is 0.187. The molecule has 2 aromatic carbocycles. The van der Waals surface area contributed by atoms with E-state index in [1.807, 2.05) is 13.0 Å². The van der Waals surface area contributed by atoms with Crippen molar-refractivity contribution in [3.63, 3.8) is 0 Å². The van der Waals surface area contributed by atoms with Gasteiger partial charge in [-0.25, -0.2) is 4.68 Å². The average Bonchev–Trinajstić information content (AvgIpc) is 3.16. The topological polar surface area (TPSA) is 68.2 Å². The molecule has 0 saturated carbocycles. The molecule has 31 heavy (non-hydrogen) atoms. The van der Waals surface area contributed by atoms with Gasteiger partial charge < -0.3 is 15.4 Å². The monoisotopic (exact) mass is 430 g/mol. The van der Waals surface area contributed by atoms with E-state index < -0.39 is 24.2 Å². The smallest absolute Gasteiger partial charge is 0.410 e. The van der Waals surface area contributed by atoms with Crippen molar-refractivity contribution >= 4 is 17.4 Å². The van der Waals surface area contributed by atoms with Crippen molar-refractivity contribution < 1.29 is 22.7 Å². The Kier molecular flexibility index (Phi) is 5.34. The van der Waals surface area contributed by atoms with Crippen LogP contribution in [0.4, 0.5) is 24.7 Å². The minimum Gasteiger partial charge on any atom is -0.497 e. The molecule has 0 spiro atoms. The van der Waals surface area contributed by atoms with Crippen LogP contribution in [0.2, 0.25) is 0 Å². The normalized spacial score (nSPS) is 18.1. The number of fused-ring (bicyclic) bond motifs is 1. The summed E-state index contributed by atoms with van der Waals surface area (Å²) >= 11 is 0. The number of aromatic nitrogens is 2. The molecule has 2 heterocycles. The van der Waals surface area contributed by atoms with Crippen molar-refractivity contribution in [2.45, 2.75) is 31.6 Å². The summed E-state index contributed by atoms with van der Waals surface area (Å²) < 4.78 is 47.4. The third kappa shape index (κ3) is 4.35. The molecule has 0 saturated heterocycles. The fourth-order valence-corrected chi connectivity index (χ4v) is 3.66. The molecule has 1 aromatic heterocycles. The molecule has 9 heteroatoms. The summed E-state index contributed by atoms with van der Waals surface area (Å²) in [7, 11) is 1.52. The lowest BCUT2D eigenvalue weighted by Crippen LogP contribution is -2.35. The number of hydrogen-bond donors (Lipinski definition) is 2. The van der Waals surface area contributed by atoms with E-state index in [0.29, 0.717) is 17.0 Å². The van der Waals surface area contributed by atoms with E-state index in [2.05, 4.69) is 15.7 Å². The number of nitrogens with zero attached hydrogens (tertiary/aromatic N) is 2. The van der Waals surface area contributed by atoms with Crippen LogP contribution in [0.25, 0.3) is 0 Å². The lowest BCUT2D eigenvalue weighted by molar-refractivity contribution is -0.173. The zero-order valence-corrected chi connectivity index (χ0v) is 16.9. The molecule has 1 amide bonds. The largest absolute Gasteiger partial charge is 0.497 e. The molecule has 162 valence electrons. The Hall–Kier alpha value is -3.49. The minimum absolute atomic E-state index is 0.0892. The number of halogens is 3. The molecule has 3 aromatic rings. The second kappa shape index (κ2) is 7.98. The number of nitrogens with one attached hydrogen (secondary N) is 2. The number of hydrogen-bond acceptors (Lipinski definition) is 4. The number of carbonyl (C=O) groups is 1. The number of carbonyl (C=O) groups excluding carboxylic acids is 1. The Labute approximate surface area is 177 Å². The fourth-order valence-electron chi connectivity index (χ4n) is 3.66. The van der Waals surface area contributed by atoms with Crippen LogP contribution >= 0.6 is 0 Å². The van der Waals surface area contributed by atoms with Crippen molar-refractivity contribution in [3.05, 3.63) is 71.4 Å². The van der Waals surface area contributed by atoms with Gasteiger partial charge in [-0.3, -0.25) is 4.79 Å². The van der Waals surface area contributed by atoms with Crippen LogP contribution in [0.5, 0.6) is 5.75 Å². The molecular formula is C22H21F3N4O2. The van der Waals surface area contributed by atoms with Gasteiger partial charge in [-0.15, -0.1) is 0 Å². The predicted molar refractivity (Wildman–Crippen MR) is 110 cm³/mol. The number of amides is 1. The highest BCUT2D eigenvalue weighted by molar-refractivity contribution is 6.03. The maximum absolute atomic E-state index is 13.8. The van der Waals surface area contributed by atoms with Gasteiger partial charge in [0.25, 0.3) is 5.91 Å². The third-order valence-electron chi connectivity index (χ3n) is 5.22. The lowest BCUT2D eigenvalue weighted by atomic mass is 9.97. The molecule has 0 fully saturated rings. The summed E-state index contributed by atoms with van der Waals surface area (Å²) in [6, 6.07) is 12.9. The zero-order chi connectivity index (χ0) is 22.2. The quantitative estimate of drug-likeness (QED) is 0.603. The number of anilines is 2. The minimum atomic E-state index is -4.52. The number of benzene rings is 2. The second-order valence-corrected chi connectivity index (χ2v) is 7.45. The van der Waals surface area contributed by atoms with E-state index in [0.717, 1.165) is 10.2 Å². The Bertz CT molecular complexity index is 1090. The molecule has 0 aliphatic carbocycles. The molecule has 0 unspecified atom stereocenters. The Balaban J connectivity index is 1.63. The van der Waals surface area contributed by atoms with Gasteiger partial charge in [-0.05, 0) is 42.3 Å². The van der Waals surface area contributed by atoms with Crippen LogP contribution in [-0.4, -0.2) is 29.0 Å². The highest BCUT2D eigenvalue weighted by Gasteiger charge is 2.46. The Morgan fingerprint density at radius 1 is 1.19 bits per heavy atom. The van der Waals surface area contributed by atoms with Gasteiger partial charge in [0.1, 0.15) is 11.6 Å². The van der Waals surface area contributed by atoms with Crippen LogP contribution < -0.4 is 15.4 Å². The zero-order valence-electron chi connectivity index (χ0n) is 16.9. The van der Waals surface area contributed by atoms with E-state index in [9.17, 15) is 18.0 Å². The van der Waals surface area contributed by atoms with E-state index in [-0.39, 0.29) is 17.9 Å². The third-order valence-corrected chi connectivity index (χ3v) is 5.22. The summed E-state index contributed by atoms with van der Waals surface area (Å²) in [6.45, 7) is 1.88. The van der Waals surface area contributed by atoms with Gasteiger partial charge in [-0.2, -0.15) is 18.3 Å². The van der Waals surface area contributed by atoms with Crippen molar-refractivity contribution in [2.75, 3.05) is 17.7 Å². The second-order valence-electron chi connectivity index (χ2n) is 7.45. The standard InChI is InChI=1S/C22H21F3N4O2/c1-13-4-3-5-15(10-13)26-21(30)18-12-20-27-17(14-6-8-16(31-2)9-7-14)11-19(22(23,24)25)29(20)28-18/h3-10,12,17,19,27H,11H2,1-2H3,(H,26,30)/t17-,19+/m0/s1. The summed E-state index contributed by atoms with van der Waals surface area (Å²) in [5, 5.41) is 9.74. The number of methoxy groups -OCH3 is 1. The van der Waals surface area contributed by atoms with Crippen LogP contribution in [0.3, 0.4) is 0 Å². The molecule has 4 rings (SSSR count). The van der Waals surface area contributed by atoms with E-state index in [1.54, 1.807) is 42.5 Å². The first kappa shape index (κ1) is 20.8. The van der Waals surface area contributed by atoms with Gasteiger partial charge in [-0.1, -0.05) is 24.3 Å². The molecule has 6 nitrogen and oxygen atoms in total. The first-order valence-corrected chi connectivity index (χ1v) is 9.69. The number of alkyl halides is 3. The van der Waals surface area contributed by atoms with Gasteiger partial charge in [0.15, 0.2) is 11.7 Å². The number of rotatable bonds is 4. The van der Waals surface area contributed by atoms with Crippen molar-refractivity contribution in [2.24, 2.45) is 0 Å². The number of aryl methyl sites for hydroxylation is 1. The summed E-state index contributed by atoms with van der Waals surface area (Å²) in [6.07, 6.45) is -4.76. The first-order valence-electron chi connectivity index (χ1n) is 9.69. The molecule has 1 aliphatic rings. The molecular weight excluding hydrogens is 409 g/mol. The molecule has 1 aliphatic heterocycles. The van der Waals surface area contributed by atoms with Gasteiger partial charge >= 0.3 is 6.18 Å². The van der Waals surface area contributed by atoms with Gasteiger partial charge in [0.2, 0.25) is 0 Å². The molecule has 2 N–H and O–H groups in total. The van der Waals surface area contributed by atoms with E-state index >= 15 is 0 Å². The van der Waals surface area contributed by atoms with Gasteiger partial charge in [0.05, 0.1) is 13.2 Å². The highest BCUT2D eigenvalue weighted by Crippen LogP contribution is 2.43. The average molecular weight is 430 g/mol. The van der Waals surface area contributed by atoms with Crippen LogP contribution in [0.15, 0.2) is 54.6 Å². The SMILES string of the molecule is COc1ccc([C@@H]2C[C@H](C(F)(F)F)n3nc(C(=O)Nc4cccc(C)c4)cc3N2)cc1. The number of ether oxygens (including phenoxy) is 1. The van der Waals surface area contributed by atoms with Crippen LogP contribution in [-0.2, 0) is 0 Å². The molecule has 2 atom stereocenters. The summed E-state index contributed by atoms with van der Waals surface area (Å²) in [5.41, 5.74) is 2.09. The van der Waals surface area contributed by atoms with Crippen LogP contribution in [0, 0.1) is 6.92 Å². The van der Waals surface area contributed by atoms with E-state index in [4.69, 9.17) is 4.74 Å². The molecule has 0 bridgehead atoms. The van der Waals surface area contributed by atoms with Crippen molar-refractivity contribution in [1.29, 1.82) is 0 Å². The maximum Gasteiger partial charge on any atom is 0.410 e. The summed E-state index contributed by atoms with van der Waals surface area (Å²) in [4.78, 5) is 12.6. The predicted octanol–water partition coefficient (Wildman–Crippen LogP) is 5.11. The first-order chi connectivity index (χ1) is 14.7. The molecule has 0 radical (unpaired) electrons. The fraction of sp³-hybridized carbons (Fsp3) is 0.273. The Morgan fingerprint density at radius 2 is 1.94 bits per heavy atom. The maximum atomic E-state index is 13.8.